The minimum atomic E-state index is -1.68. The van der Waals surface area contributed by atoms with Gasteiger partial charge in [-0.15, -0.1) is 0 Å². The summed E-state index contributed by atoms with van der Waals surface area (Å²) < 4.78 is 0. The molecule has 73 heavy (non-hydrogen) atoms. The van der Waals surface area contributed by atoms with E-state index in [-0.39, 0.29) is 71.2 Å². The van der Waals surface area contributed by atoms with Crippen LogP contribution in [0.5, 0.6) is 0 Å². The Bertz CT molecular complexity index is 1830. The lowest BCUT2D eigenvalue weighted by molar-refractivity contribution is -0.136. The maximum Gasteiger partial charge on any atom is 0.245 e. The van der Waals surface area contributed by atoms with E-state index in [1.807, 2.05) is 0 Å². The molecule has 1 aliphatic rings. The highest BCUT2D eigenvalue weighted by Crippen LogP contribution is 2.08. The van der Waals surface area contributed by atoms with Gasteiger partial charge < -0.3 is 97.4 Å². The van der Waals surface area contributed by atoms with Crippen molar-refractivity contribution < 1.29 is 63.0 Å². The third-order valence-electron chi connectivity index (χ3n) is 11.3. The number of carbonyl (C=O) groups excluding carboxylic acids is 11. The molecule has 0 saturated carbocycles. The number of rotatable bonds is 25. The molecule has 1 saturated heterocycles. The number of nitrogens with two attached hydrogens (primary N) is 5. The summed E-state index contributed by atoms with van der Waals surface area (Å²) in [6, 6.07) is -11.8. The number of unbranched alkanes of at least 4 members (excludes halogenated alkanes) is 4. The van der Waals surface area contributed by atoms with Gasteiger partial charge in [-0.2, -0.15) is 0 Å². The third-order valence-corrected chi connectivity index (χ3v) is 11.3. The Morgan fingerprint density at radius 2 is 1.11 bits per heavy atom. The lowest BCUT2D eigenvalue weighted by atomic mass is 10.1. The van der Waals surface area contributed by atoms with Crippen LogP contribution in [0.3, 0.4) is 0 Å². The van der Waals surface area contributed by atoms with Gasteiger partial charge in [-0.1, -0.05) is 32.6 Å². The quantitative estimate of drug-likeness (QED) is 0.0378. The lowest BCUT2D eigenvalue weighted by Gasteiger charge is -2.28. The van der Waals surface area contributed by atoms with Gasteiger partial charge in [0.2, 0.25) is 65.0 Å². The van der Waals surface area contributed by atoms with Crippen LogP contribution in [0.15, 0.2) is 0 Å². The van der Waals surface area contributed by atoms with Crippen LogP contribution in [0.25, 0.3) is 0 Å². The molecule has 0 spiro atoms. The first-order chi connectivity index (χ1) is 34.7. The van der Waals surface area contributed by atoms with Gasteiger partial charge in [0.1, 0.15) is 48.3 Å². The number of hydrogen-bond acceptors (Lipinski definition) is 18. The van der Waals surface area contributed by atoms with E-state index in [1.54, 1.807) is 0 Å². The van der Waals surface area contributed by atoms with E-state index in [0.717, 1.165) is 25.7 Å². The van der Waals surface area contributed by atoms with Crippen molar-refractivity contribution in [1.29, 1.82) is 0 Å². The van der Waals surface area contributed by atoms with Gasteiger partial charge in [-0.3, -0.25) is 52.7 Å². The molecule has 0 bridgehead atoms. The van der Waals surface area contributed by atoms with Crippen molar-refractivity contribution in [3.05, 3.63) is 0 Å². The molecule has 0 aromatic rings. The fraction of sp³-hybridized carbons (Fsp3) is 0.750. The summed E-state index contributed by atoms with van der Waals surface area (Å²) in [6.45, 7) is 2.01. The van der Waals surface area contributed by atoms with Crippen molar-refractivity contribution in [2.24, 2.45) is 28.7 Å². The van der Waals surface area contributed by atoms with Gasteiger partial charge >= 0.3 is 0 Å². The molecule has 416 valence electrons. The Balaban J connectivity index is 3.53. The van der Waals surface area contributed by atoms with Crippen molar-refractivity contribution in [2.75, 3.05) is 52.4 Å². The molecule has 0 unspecified atom stereocenters. The molecule has 1 heterocycles. The molecule has 1 aliphatic heterocycles. The zero-order valence-corrected chi connectivity index (χ0v) is 42.2. The Morgan fingerprint density at radius 1 is 0.575 bits per heavy atom. The third kappa shape index (κ3) is 24.9. The SMILES string of the molecule is CCCCCCCC(=O)N[C@@H](CCN)C(=O)N[C@H](C(=O)N[C@@H](CCN)C(=O)N[C@H]1CCNC(=O)[C@H]([C@@H](C)O)NC(=O)[C@H](CCN)NC(=O)[C@H](CCN)NC(=O)CNC(=O)CNC(=O)[C@H](CCN)NC1=O)[C@@H](C)O. The highest BCUT2D eigenvalue weighted by atomic mass is 16.3. The molecule has 29 heteroatoms. The van der Waals surface area contributed by atoms with E-state index in [0.29, 0.717) is 6.42 Å². The fourth-order valence-electron chi connectivity index (χ4n) is 7.23. The highest BCUT2D eigenvalue weighted by Gasteiger charge is 2.36. The van der Waals surface area contributed by atoms with Crippen LogP contribution in [0.1, 0.15) is 97.8 Å². The lowest BCUT2D eigenvalue weighted by Crippen LogP contribution is -2.61. The summed E-state index contributed by atoms with van der Waals surface area (Å²) in [5, 5.41) is 47.8. The van der Waals surface area contributed by atoms with Crippen molar-refractivity contribution in [3.8, 4) is 0 Å². The second kappa shape index (κ2) is 35.9. The van der Waals surface area contributed by atoms with Crippen LogP contribution in [0.2, 0.25) is 0 Å². The summed E-state index contributed by atoms with van der Waals surface area (Å²) in [4.78, 5) is 147. The molecule has 11 amide bonds. The Kier molecular flexibility index (Phi) is 31.9. The predicted octanol–water partition coefficient (Wildman–Crippen LogP) is -8.52. The van der Waals surface area contributed by atoms with Crippen molar-refractivity contribution in [2.45, 2.75) is 158 Å². The smallest absolute Gasteiger partial charge is 0.245 e. The first-order valence-electron chi connectivity index (χ1n) is 24.8. The van der Waals surface area contributed by atoms with E-state index >= 15 is 0 Å². The van der Waals surface area contributed by atoms with Gasteiger partial charge in [0.15, 0.2) is 0 Å². The monoisotopic (exact) mass is 1040 g/mol. The standard InChI is InChI=1S/C44H82N16O13/c1-4-5-6-7-8-9-32(63)53-28(12-18-47)41(70)60-36(25(3)62)44(73)58-29(13-19-48)39(68)57-31-15-21-50-43(72)35(24(2)61)59-42(71)30(14-20-49)56-38(67)27(11-17-46)54-34(65)23-51-33(64)22-52-37(66)26(10-16-45)55-40(31)69/h24-31,35-36,61-62H,4-23,45-49H2,1-3H3,(H,50,72)(H,51,64)(H,52,66)(H,53,63)(H,54,65)(H,55,69)(H,56,67)(H,57,68)(H,58,73)(H,59,71)(H,60,70)/t24-,25-,26+,27+,28+,29+,30+,31+,35+,36+/m1/s1. The zero-order valence-electron chi connectivity index (χ0n) is 42.2. The van der Waals surface area contributed by atoms with Crippen LogP contribution < -0.4 is 87.2 Å². The summed E-state index contributed by atoms with van der Waals surface area (Å²) in [5.74, 6) is -9.77. The number of carbonyl (C=O) groups is 11. The molecular weight excluding hydrogens is 961 g/mol. The molecule has 0 aromatic heterocycles. The molecule has 29 nitrogen and oxygen atoms in total. The van der Waals surface area contributed by atoms with Gasteiger partial charge in [0.25, 0.3) is 0 Å². The predicted molar refractivity (Wildman–Crippen MR) is 264 cm³/mol. The van der Waals surface area contributed by atoms with Gasteiger partial charge in [-0.05, 0) is 91.5 Å². The van der Waals surface area contributed by atoms with E-state index in [4.69, 9.17) is 28.7 Å². The van der Waals surface area contributed by atoms with E-state index in [1.165, 1.54) is 13.8 Å². The highest BCUT2D eigenvalue weighted by molar-refractivity contribution is 5.98. The number of amides is 11. The molecule has 0 aliphatic carbocycles. The van der Waals surface area contributed by atoms with Crippen molar-refractivity contribution in [3.63, 3.8) is 0 Å². The zero-order chi connectivity index (χ0) is 55.0. The van der Waals surface area contributed by atoms with Crippen LogP contribution in [-0.2, 0) is 52.7 Å². The first kappa shape index (κ1) is 64.9. The van der Waals surface area contributed by atoms with Crippen LogP contribution >= 0.6 is 0 Å². The molecule has 0 aromatic carbocycles. The second-order valence-electron chi connectivity index (χ2n) is 17.6. The van der Waals surface area contributed by atoms with E-state index in [2.05, 4.69) is 65.4 Å². The van der Waals surface area contributed by atoms with E-state index in [9.17, 15) is 63.0 Å². The second-order valence-corrected chi connectivity index (χ2v) is 17.6. The maximum atomic E-state index is 14.0. The van der Waals surface area contributed by atoms with Crippen molar-refractivity contribution in [1.82, 2.24) is 58.5 Å². The molecule has 0 radical (unpaired) electrons. The molecule has 23 N–H and O–H groups in total. The first-order valence-corrected chi connectivity index (χ1v) is 24.8. The van der Waals surface area contributed by atoms with Gasteiger partial charge in [0.05, 0.1) is 25.3 Å². The van der Waals surface area contributed by atoms with Crippen LogP contribution in [0.4, 0.5) is 0 Å². The summed E-state index contributed by atoms with van der Waals surface area (Å²) >= 11 is 0. The largest absolute Gasteiger partial charge is 0.391 e. The Morgan fingerprint density at radius 3 is 1.67 bits per heavy atom. The molecule has 1 rings (SSSR count). The topological polar surface area (TPSA) is 491 Å². The maximum absolute atomic E-state index is 14.0. The molecule has 10 atom stereocenters. The van der Waals surface area contributed by atoms with Gasteiger partial charge in [-0.25, -0.2) is 0 Å². The Labute approximate surface area is 425 Å². The number of aliphatic hydroxyl groups is 2. The summed E-state index contributed by atoms with van der Waals surface area (Å²) in [6.07, 6.45) is 0.281. The summed E-state index contributed by atoms with van der Waals surface area (Å²) in [7, 11) is 0. The van der Waals surface area contributed by atoms with Crippen LogP contribution in [-0.4, -0.2) is 188 Å². The number of nitrogens with one attached hydrogen (secondary N) is 11. The van der Waals surface area contributed by atoms with Gasteiger partial charge in [0, 0.05) is 13.0 Å². The molecular formula is C44H82N16O13. The number of hydrogen-bond donors (Lipinski definition) is 18. The number of aliphatic hydroxyl groups excluding tert-OH is 2. The normalized spacial score (nSPS) is 22.2. The van der Waals surface area contributed by atoms with E-state index < -0.39 is 152 Å². The average molecular weight is 1040 g/mol. The Hall–Kier alpha value is -6.11. The minimum absolute atomic E-state index is 0.00752. The fourth-order valence-corrected chi connectivity index (χ4v) is 7.23. The molecule has 1 fully saturated rings. The minimum Gasteiger partial charge on any atom is -0.391 e. The van der Waals surface area contributed by atoms with Crippen molar-refractivity contribution >= 4 is 65.0 Å². The van der Waals surface area contributed by atoms with Crippen LogP contribution in [0, 0.1) is 0 Å². The summed E-state index contributed by atoms with van der Waals surface area (Å²) in [5.41, 5.74) is 28.6. The average Bonchev–Trinajstić information content (AvgIpc) is 3.33.